The lowest BCUT2D eigenvalue weighted by atomic mass is 10.0. The minimum atomic E-state index is -0.480. The molecule has 0 spiro atoms. The van der Waals surface area contributed by atoms with Crippen molar-refractivity contribution in [1.82, 2.24) is 10.2 Å². The quantitative estimate of drug-likeness (QED) is 0.799. The van der Waals surface area contributed by atoms with E-state index in [1.807, 2.05) is 12.1 Å². The Morgan fingerprint density at radius 1 is 1.33 bits per heavy atom. The molecule has 2 aromatic rings. The van der Waals surface area contributed by atoms with Crippen LogP contribution in [0.4, 0.5) is 0 Å². The summed E-state index contributed by atoms with van der Waals surface area (Å²) >= 11 is 0. The van der Waals surface area contributed by atoms with Gasteiger partial charge >= 0.3 is 0 Å². The predicted octanol–water partition coefficient (Wildman–Crippen LogP) is 1.99. The summed E-state index contributed by atoms with van der Waals surface area (Å²) in [6.07, 6.45) is 3.52. The summed E-state index contributed by atoms with van der Waals surface area (Å²) in [5.41, 5.74) is 3.20. The molecule has 1 unspecified atom stereocenters. The standard InChI is InChI=1S/C12H14N2O/c1-9-2-4-10(5-3-9)6-12(15)11-7-13-14-8-11/h2-5,7-8,12,15H,6H2,1H3,(H,13,14). The van der Waals surface area contributed by atoms with E-state index in [4.69, 9.17) is 0 Å². The number of aliphatic hydroxyl groups is 1. The molecule has 1 aromatic heterocycles. The number of benzene rings is 1. The van der Waals surface area contributed by atoms with E-state index in [1.165, 1.54) is 5.56 Å². The van der Waals surface area contributed by atoms with Crippen molar-refractivity contribution < 1.29 is 5.11 Å². The van der Waals surface area contributed by atoms with E-state index >= 15 is 0 Å². The molecule has 1 heterocycles. The molecule has 0 fully saturated rings. The fraction of sp³-hybridized carbons (Fsp3) is 0.250. The van der Waals surface area contributed by atoms with Crippen molar-refractivity contribution in [2.24, 2.45) is 0 Å². The summed E-state index contributed by atoms with van der Waals surface area (Å²) in [6.45, 7) is 2.05. The second-order valence-corrected chi connectivity index (χ2v) is 3.74. The third-order valence-electron chi connectivity index (χ3n) is 2.45. The largest absolute Gasteiger partial charge is 0.388 e. The van der Waals surface area contributed by atoms with E-state index in [2.05, 4.69) is 29.3 Å². The van der Waals surface area contributed by atoms with E-state index in [0.717, 1.165) is 11.1 Å². The van der Waals surface area contributed by atoms with E-state index < -0.39 is 6.10 Å². The molecule has 0 radical (unpaired) electrons. The Bertz CT molecular complexity index is 406. The van der Waals surface area contributed by atoms with Crippen molar-refractivity contribution in [3.8, 4) is 0 Å². The highest BCUT2D eigenvalue weighted by molar-refractivity contribution is 5.23. The van der Waals surface area contributed by atoms with Crippen molar-refractivity contribution in [1.29, 1.82) is 0 Å². The zero-order chi connectivity index (χ0) is 10.7. The first-order valence-electron chi connectivity index (χ1n) is 4.98. The van der Waals surface area contributed by atoms with Gasteiger partial charge in [-0.15, -0.1) is 0 Å². The number of nitrogens with zero attached hydrogens (tertiary/aromatic N) is 1. The molecule has 15 heavy (non-hydrogen) atoms. The number of aromatic nitrogens is 2. The number of rotatable bonds is 3. The van der Waals surface area contributed by atoms with Crippen LogP contribution in [-0.2, 0) is 6.42 Å². The van der Waals surface area contributed by atoms with E-state index in [0.29, 0.717) is 6.42 Å². The second kappa shape index (κ2) is 4.28. The average molecular weight is 202 g/mol. The van der Waals surface area contributed by atoms with Gasteiger partial charge in [0.05, 0.1) is 12.3 Å². The Hall–Kier alpha value is -1.61. The first-order valence-corrected chi connectivity index (χ1v) is 4.98. The summed E-state index contributed by atoms with van der Waals surface area (Å²) in [4.78, 5) is 0. The molecule has 0 amide bonds. The Balaban J connectivity index is 2.06. The van der Waals surface area contributed by atoms with Gasteiger partial charge in [-0.1, -0.05) is 29.8 Å². The highest BCUT2D eigenvalue weighted by Crippen LogP contribution is 2.16. The first-order chi connectivity index (χ1) is 7.25. The molecule has 0 aliphatic carbocycles. The number of hydrogen-bond donors (Lipinski definition) is 2. The van der Waals surface area contributed by atoms with Gasteiger partial charge in [0, 0.05) is 18.2 Å². The number of nitrogens with one attached hydrogen (secondary N) is 1. The lowest BCUT2D eigenvalue weighted by Gasteiger charge is -2.08. The summed E-state index contributed by atoms with van der Waals surface area (Å²) in [6, 6.07) is 8.19. The highest BCUT2D eigenvalue weighted by Gasteiger charge is 2.08. The van der Waals surface area contributed by atoms with Crippen LogP contribution >= 0.6 is 0 Å². The van der Waals surface area contributed by atoms with Gasteiger partial charge in [-0.25, -0.2) is 0 Å². The Morgan fingerprint density at radius 2 is 2.07 bits per heavy atom. The molecule has 0 saturated carbocycles. The van der Waals surface area contributed by atoms with Crippen LogP contribution in [-0.4, -0.2) is 15.3 Å². The highest BCUT2D eigenvalue weighted by atomic mass is 16.3. The van der Waals surface area contributed by atoms with Gasteiger partial charge in [-0.2, -0.15) is 5.10 Å². The molecule has 0 bridgehead atoms. The molecule has 0 aliphatic heterocycles. The Labute approximate surface area is 88.8 Å². The third-order valence-corrected chi connectivity index (χ3v) is 2.45. The van der Waals surface area contributed by atoms with Gasteiger partial charge in [0.1, 0.15) is 0 Å². The Kier molecular flexibility index (Phi) is 2.83. The first kappa shape index (κ1) is 9.93. The fourth-order valence-electron chi connectivity index (χ4n) is 1.51. The maximum absolute atomic E-state index is 9.87. The zero-order valence-corrected chi connectivity index (χ0v) is 8.64. The molecule has 1 aromatic carbocycles. The Morgan fingerprint density at radius 3 is 2.67 bits per heavy atom. The molecule has 2 rings (SSSR count). The van der Waals surface area contributed by atoms with Crippen molar-refractivity contribution in [3.05, 3.63) is 53.3 Å². The van der Waals surface area contributed by atoms with Gasteiger partial charge in [0.2, 0.25) is 0 Å². The molecule has 0 aliphatic rings. The van der Waals surface area contributed by atoms with Gasteiger partial charge in [0.15, 0.2) is 0 Å². The van der Waals surface area contributed by atoms with Crippen LogP contribution in [0.3, 0.4) is 0 Å². The topological polar surface area (TPSA) is 48.9 Å². The molecule has 3 nitrogen and oxygen atoms in total. The van der Waals surface area contributed by atoms with Gasteiger partial charge in [-0.05, 0) is 12.5 Å². The van der Waals surface area contributed by atoms with Crippen LogP contribution in [0.2, 0.25) is 0 Å². The normalized spacial score (nSPS) is 12.7. The smallest absolute Gasteiger partial charge is 0.0860 e. The van der Waals surface area contributed by atoms with Crippen molar-refractivity contribution in [2.45, 2.75) is 19.4 Å². The maximum atomic E-state index is 9.87. The van der Waals surface area contributed by atoms with Gasteiger partial charge in [-0.3, -0.25) is 5.10 Å². The van der Waals surface area contributed by atoms with Crippen LogP contribution in [0.15, 0.2) is 36.7 Å². The van der Waals surface area contributed by atoms with Crippen molar-refractivity contribution in [3.63, 3.8) is 0 Å². The van der Waals surface area contributed by atoms with Crippen LogP contribution in [0, 0.1) is 6.92 Å². The number of aryl methyl sites for hydroxylation is 1. The summed E-state index contributed by atoms with van der Waals surface area (Å²) in [7, 11) is 0. The SMILES string of the molecule is Cc1ccc(CC(O)c2cn[nH]c2)cc1. The average Bonchev–Trinajstić information content (AvgIpc) is 2.74. The molecular weight excluding hydrogens is 188 g/mol. The molecule has 1 atom stereocenters. The fourth-order valence-corrected chi connectivity index (χ4v) is 1.51. The second-order valence-electron chi connectivity index (χ2n) is 3.74. The molecule has 3 heteroatoms. The predicted molar refractivity (Wildman–Crippen MR) is 58.4 cm³/mol. The van der Waals surface area contributed by atoms with Crippen LogP contribution < -0.4 is 0 Å². The zero-order valence-electron chi connectivity index (χ0n) is 8.64. The number of aromatic amines is 1. The number of H-pyrrole nitrogens is 1. The van der Waals surface area contributed by atoms with E-state index in [1.54, 1.807) is 12.4 Å². The van der Waals surface area contributed by atoms with Crippen molar-refractivity contribution in [2.75, 3.05) is 0 Å². The van der Waals surface area contributed by atoms with Crippen LogP contribution in [0.25, 0.3) is 0 Å². The molecule has 78 valence electrons. The molecule has 0 saturated heterocycles. The lowest BCUT2D eigenvalue weighted by molar-refractivity contribution is 0.178. The lowest BCUT2D eigenvalue weighted by Crippen LogP contribution is -2.00. The summed E-state index contributed by atoms with van der Waals surface area (Å²) < 4.78 is 0. The summed E-state index contributed by atoms with van der Waals surface area (Å²) in [5.74, 6) is 0. The maximum Gasteiger partial charge on any atom is 0.0860 e. The molecule has 2 N–H and O–H groups in total. The van der Waals surface area contributed by atoms with Crippen LogP contribution in [0.5, 0.6) is 0 Å². The van der Waals surface area contributed by atoms with E-state index in [-0.39, 0.29) is 0 Å². The van der Waals surface area contributed by atoms with Gasteiger partial charge < -0.3 is 5.11 Å². The minimum absolute atomic E-state index is 0.480. The monoisotopic (exact) mass is 202 g/mol. The van der Waals surface area contributed by atoms with Crippen LogP contribution in [0.1, 0.15) is 22.8 Å². The number of hydrogen-bond acceptors (Lipinski definition) is 2. The molecular formula is C12H14N2O. The minimum Gasteiger partial charge on any atom is -0.388 e. The summed E-state index contributed by atoms with van der Waals surface area (Å²) in [5, 5.41) is 16.4. The third kappa shape index (κ3) is 2.44. The van der Waals surface area contributed by atoms with Crippen molar-refractivity contribution >= 4 is 0 Å². The van der Waals surface area contributed by atoms with E-state index in [9.17, 15) is 5.11 Å². The number of aliphatic hydroxyl groups excluding tert-OH is 1. The van der Waals surface area contributed by atoms with Gasteiger partial charge in [0.25, 0.3) is 0 Å².